The van der Waals surface area contributed by atoms with E-state index in [0.29, 0.717) is 38.9 Å². The summed E-state index contributed by atoms with van der Waals surface area (Å²) in [6.07, 6.45) is 7.35. The molecule has 0 aliphatic rings. The molecule has 4 aromatic carbocycles. The molecule has 2 N–H and O–H groups in total. The van der Waals surface area contributed by atoms with Crippen molar-refractivity contribution < 1.29 is 33.4 Å². The molecule has 0 aliphatic carbocycles. The second-order valence-electron chi connectivity index (χ2n) is 11.4. The molecule has 0 saturated carbocycles. The number of hydrogen-bond donors (Lipinski definition) is 2. The molecule has 0 radical (unpaired) electrons. The first kappa shape index (κ1) is 40.7. The van der Waals surface area contributed by atoms with Gasteiger partial charge in [0.05, 0.1) is 30.8 Å². The molecular weight excluding hydrogens is 685 g/mol. The van der Waals surface area contributed by atoms with Gasteiger partial charge in [-0.3, -0.25) is 29.8 Å². The van der Waals surface area contributed by atoms with Crippen LogP contribution in [-0.2, 0) is 44.9 Å². The van der Waals surface area contributed by atoms with Crippen molar-refractivity contribution >= 4 is 48.2 Å². The number of carbonyl (C=O) groups is 4. The van der Waals surface area contributed by atoms with Gasteiger partial charge in [-0.1, -0.05) is 66.2 Å². The zero-order chi connectivity index (χ0) is 36.8. The van der Waals surface area contributed by atoms with Crippen molar-refractivity contribution in [3.63, 3.8) is 0 Å². The number of thioether (sulfide) groups is 2. The summed E-state index contributed by atoms with van der Waals surface area (Å²) in [6, 6.07) is 31.8. The summed E-state index contributed by atoms with van der Waals surface area (Å²) in [5, 5.41) is 3.85. The van der Waals surface area contributed by atoms with Crippen LogP contribution in [0.4, 0.5) is 0 Å². The molecular formula is C40H46N2O7S2. The minimum absolute atomic E-state index is 0.263. The van der Waals surface area contributed by atoms with E-state index < -0.39 is 0 Å². The Labute approximate surface area is 309 Å². The average Bonchev–Trinajstić information content (AvgIpc) is 3.14. The van der Waals surface area contributed by atoms with Crippen molar-refractivity contribution in [2.75, 3.05) is 32.8 Å². The third-order valence-corrected chi connectivity index (χ3v) is 9.68. The Kier molecular flexibility index (Phi) is 18.2. The molecule has 2 unspecified atom stereocenters. The summed E-state index contributed by atoms with van der Waals surface area (Å²) < 4.78 is 16.8. The Morgan fingerprint density at radius 3 is 1.49 bits per heavy atom. The molecule has 0 aromatic heterocycles. The molecule has 2 atom stereocenters. The van der Waals surface area contributed by atoms with Crippen LogP contribution in [0.25, 0.3) is 0 Å². The third-order valence-electron chi connectivity index (χ3n) is 7.78. The number of aryl methyl sites for hydroxylation is 1. The molecule has 0 bridgehead atoms. The Hall–Kier alpha value is -4.74. The van der Waals surface area contributed by atoms with Crippen molar-refractivity contribution in [2.24, 2.45) is 0 Å². The average molecular weight is 731 g/mol. The van der Waals surface area contributed by atoms with E-state index in [1.165, 1.54) is 34.7 Å². The van der Waals surface area contributed by atoms with Gasteiger partial charge in [0.25, 0.3) is 0 Å². The highest BCUT2D eigenvalue weighted by Crippen LogP contribution is 2.20. The van der Waals surface area contributed by atoms with Gasteiger partial charge in [-0.05, 0) is 90.9 Å². The molecule has 4 amide bonds. The fraction of sp³-hybridized carbons (Fsp3) is 0.300. The highest BCUT2D eigenvalue weighted by atomic mass is 32.2. The maximum absolute atomic E-state index is 11.8. The molecule has 270 valence electrons. The highest BCUT2D eigenvalue weighted by Gasteiger charge is 2.18. The van der Waals surface area contributed by atoms with Crippen LogP contribution >= 0.6 is 23.5 Å². The molecule has 0 fully saturated rings. The SMILES string of the molecule is COc1cccc(CCOc2ccc(CC(SC)C(=O)NC=O)cc2)c1.CSC(Cc1ccc(OCCc2cccc(C)c2)cc1)C(=O)NC=O. The zero-order valence-electron chi connectivity index (χ0n) is 29.5. The van der Waals surface area contributed by atoms with Gasteiger partial charge >= 0.3 is 0 Å². The van der Waals surface area contributed by atoms with Gasteiger partial charge < -0.3 is 14.2 Å². The minimum Gasteiger partial charge on any atom is -0.497 e. The predicted octanol–water partition coefficient (Wildman–Crippen LogP) is 6.03. The summed E-state index contributed by atoms with van der Waals surface area (Å²) in [5.74, 6) is 1.91. The molecule has 9 nitrogen and oxygen atoms in total. The number of carbonyl (C=O) groups excluding carboxylic acids is 4. The van der Waals surface area contributed by atoms with Crippen LogP contribution in [0.3, 0.4) is 0 Å². The van der Waals surface area contributed by atoms with Crippen molar-refractivity contribution in [1.29, 1.82) is 0 Å². The molecule has 4 aromatic rings. The van der Waals surface area contributed by atoms with Crippen LogP contribution in [0.2, 0.25) is 0 Å². The lowest BCUT2D eigenvalue weighted by Gasteiger charge is -2.13. The number of hydrogen-bond acceptors (Lipinski definition) is 9. The molecule has 0 saturated heterocycles. The summed E-state index contributed by atoms with van der Waals surface area (Å²) in [6.45, 7) is 3.28. The number of imide groups is 2. The number of methoxy groups -OCH3 is 1. The van der Waals surface area contributed by atoms with Crippen molar-refractivity contribution in [3.05, 3.63) is 125 Å². The first-order valence-corrected chi connectivity index (χ1v) is 19.0. The van der Waals surface area contributed by atoms with Gasteiger partial charge in [0, 0.05) is 12.8 Å². The van der Waals surface area contributed by atoms with Crippen LogP contribution in [0.1, 0.15) is 27.8 Å². The summed E-state index contributed by atoms with van der Waals surface area (Å²) >= 11 is 2.85. The predicted molar refractivity (Wildman–Crippen MR) is 206 cm³/mol. The second-order valence-corrected chi connectivity index (χ2v) is 13.5. The Bertz CT molecular complexity index is 1670. The van der Waals surface area contributed by atoms with Gasteiger partial charge in [0.2, 0.25) is 24.6 Å². The van der Waals surface area contributed by atoms with E-state index in [9.17, 15) is 19.2 Å². The van der Waals surface area contributed by atoms with E-state index in [0.717, 1.165) is 46.8 Å². The fourth-order valence-electron chi connectivity index (χ4n) is 5.01. The maximum Gasteiger partial charge on any atom is 0.239 e. The Morgan fingerprint density at radius 2 is 1.08 bits per heavy atom. The molecule has 0 spiro atoms. The lowest BCUT2D eigenvalue weighted by atomic mass is 10.1. The van der Waals surface area contributed by atoms with Crippen LogP contribution in [0, 0.1) is 6.92 Å². The van der Waals surface area contributed by atoms with Gasteiger partial charge in [-0.25, -0.2) is 0 Å². The largest absolute Gasteiger partial charge is 0.497 e. The monoisotopic (exact) mass is 730 g/mol. The van der Waals surface area contributed by atoms with Crippen LogP contribution in [0.15, 0.2) is 97.1 Å². The normalized spacial score (nSPS) is 11.5. The van der Waals surface area contributed by atoms with E-state index >= 15 is 0 Å². The van der Waals surface area contributed by atoms with Crippen LogP contribution in [-0.4, -0.2) is 68.0 Å². The standard InChI is InChI=1S/C20H23NO4S.C20H23NO3S/c1-24-18-5-3-4-15(12-18)10-11-25-17-8-6-16(7-9-17)13-19(26-2)20(23)21-14-22;1-15-4-3-5-16(12-15)10-11-24-18-8-6-17(7-9-18)13-19(25-2)20(23)21-14-22/h3-9,12,14,19H,10-11,13H2,1-2H3,(H,21,22,23);3-9,12,14,19H,10-11,13H2,1-2H3,(H,21,22,23). The summed E-state index contributed by atoms with van der Waals surface area (Å²) in [5.41, 5.74) is 5.73. The Morgan fingerprint density at radius 1 is 0.627 bits per heavy atom. The molecule has 0 heterocycles. The van der Waals surface area contributed by atoms with Gasteiger partial charge in [-0.15, -0.1) is 0 Å². The lowest BCUT2D eigenvalue weighted by Crippen LogP contribution is -2.32. The smallest absolute Gasteiger partial charge is 0.239 e. The van der Waals surface area contributed by atoms with E-state index in [2.05, 4.69) is 41.8 Å². The van der Waals surface area contributed by atoms with Crippen LogP contribution in [0.5, 0.6) is 17.2 Å². The molecule has 11 heteroatoms. The number of nitrogens with one attached hydrogen (secondary N) is 2. The molecule has 0 aliphatic heterocycles. The van der Waals surface area contributed by atoms with E-state index in [1.54, 1.807) is 7.11 Å². The van der Waals surface area contributed by atoms with Gasteiger partial charge in [-0.2, -0.15) is 23.5 Å². The summed E-state index contributed by atoms with van der Waals surface area (Å²) in [4.78, 5) is 44.3. The first-order valence-electron chi connectivity index (χ1n) is 16.4. The van der Waals surface area contributed by atoms with Gasteiger partial charge in [0.15, 0.2) is 0 Å². The van der Waals surface area contributed by atoms with Crippen molar-refractivity contribution in [1.82, 2.24) is 10.6 Å². The van der Waals surface area contributed by atoms with Gasteiger partial charge in [0.1, 0.15) is 17.2 Å². The zero-order valence-corrected chi connectivity index (χ0v) is 31.1. The number of ether oxygens (including phenoxy) is 3. The fourth-order valence-corrected chi connectivity index (χ4v) is 6.29. The third kappa shape index (κ3) is 15.0. The molecule has 51 heavy (non-hydrogen) atoms. The minimum atomic E-state index is -0.292. The van der Waals surface area contributed by atoms with Crippen LogP contribution < -0.4 is 24.8 Å². The second kappa shape index (κ2) is 22.9. The number of rotatable bonds is 19. The maximum atomic E-state index is 11.8. The van der Waals surface area contributed by atoms with Crippen molar-refractivity contribution in [3.8, 4) is 17.2 Å². The number of benzene rings is 4. The van der Waals surface area contributed by atoms with E-state index in [1.807, 2.05) is 85.3 Å². The van der Waals surface area contributed by atoms with E-state index in [-0.39, 0.29) is 22.3 Å². The quantitative estimate of drug-likeness (QED) is 0.112. The lowest BCUT2D eigenvalue weighted by molar-refractivity contribution is -0.126. The van der Waals surface area contributed by atoms with E-state index in [4.69, 9.17) is 14.2 Å². The Balaban J connectivity index is 0.000000276. The first-order chi connectivity index (χ1) is 24.8. The topological polar surface area (TPSA) is 120 Å². The molecule has 4 rings (SSSR count). The summed E-state index contributed by atoms with van der Waals surface area (Å²) in [7, 11) is 1.65. The van der Waals surface area contributed by atoms with Crippen molar-refractivity contribution in [2.45, 2.75) is 43.1 Å². The highest BCUT2D eigenvalue weighted by molar-refractivity contribution is 8.00. The number of amides is 4.